The zero-order valence-electron chi connectivity index (χ0n) is 10.5. The van der Waals surface area contributed by atoms with Gasteiger partial charge >= 0.3 is 0 Å². The van der Waals surface area contributed by atoms with E-state index in [2.05, 4.69) is 24.9 Å². The van der Waals surface area contributed by atoms with Crippen LogP contribution < -0.4 is 11.3 Å². The van der Waals surface area contributed by atoms with Gasteiger partial charge in [0, 0.05) is 25.5 Å². The Kier molecular flexibility index (Phi) is 3.16. The van der Waals surface area contributed by atoms with Gasteiger partial charge in [-0.1, -0.05) is 18.2 Å². The van der Waals surface area contributed by atoms with Crippen LogP contribution in [0, 0.1) is 0 Å². The summed E-state index contributed by atoms with van der Waals surface area (Å²) in [7, 11) is 0. The SMILES string of the molecule is NNC(=Nc1ccccc1)N1CCn2ccnc2C1. The van der Waals surface area contributed by atoms with Crippen LogP contribution in [0.25, 0.3) is 0 Å². The average molecular weight is 256 g/mol. The van der Waals surface area contributed by atoms with Crippen molar-refractivity contribution in [3.05, 3.63) is 48.5 Å². The predicted octanol–water partition coefficient (Wildman–Crippen LogP) is 0.850. The van der Waals surface area contributed by atoms with E-state index in [1.54, 1.807) is 0 Å². The third-order valence-electron chi connectivity index (χ3n) is 3.16. The van der Waals surface area contributed by atoms with Crippen molar-refractivity contribution in [1.82, 2.24) is 19.9 Å². The highest BCUT2D eigenvalue weighted by Gasteiger charge is 2.19. The average Bonchev–Trinajstić information content (AvgIpc) is 2.93. The summed E-state index contributed by atoms with van der Waals surface area (Å²) in [5.41, 5.74) is 3.56. The number of nitrogens with two attached hydrogens (primary N) is 1. The number of aromatic nitrogens is 2. The molecule has 6 nitrogen and oxygen atoms in total. The summed E-state index contributed by atoms with van der Waals surface area (Å²) in [6, 6.07) is 9.77. The zero-order valence-corrected chi connectivity index (χ0v) is 10.5. The van der Waals surface area contributed by atoms with Crippen molar-refractivity contribution < 1.29 is 0 Å². The summed E-state index contributed by atoms with van der Waals surface area (Å²) in [6.45, 7) is 2.47. The fourth-order valence-corrected chi connectivity index (χ4v) is 2.17. The number of aliphatic imine (C=N–C) groups is 1. The van der Waals surface area contributed by atoms with Gasteiger partial charge in [0.25, 0.3) is 0 Å². The molecule has 0 saturated heterocycles. The fourth-order valence-electron chi connectivity index (χ4n) is 2.17. The molecule has 19 heavy (non-hydrogen) atoms. The summed E-state index contributed by atoms with van der Waals surface area (Å²) in [5, 5.41) is 0. The van der Waals surface area contributed by atoms with Crippen molar-refractivity contribution in [3.63, 3.8) is 0 Å². The molecule has 0 atom stereocenters. The van der Waals surface area contributed by atoms with Crippen LogP contribution >= 0.6 is 0 Å². The molecule has 1 aromatic heterocycles. The second kappa shape index (κ2) is 5.11. The number of benzene rings is 1. The third kappa shape index (κ3) is 2.43. The molecule has 0 unspecified atom stereocenters. The van der Waals surface area contributed by atoms with Crippen molar-refractivity contribution in [2.24, 2.45) is 10.8 Å². The molecular formula is C13H16N6. The molecule has 0 amide bonds. The topological polar surface area (TPSA) is 71.5 Å². The second-order valence-corrected chi connectivity index (χ2v) is 4.37. The lowest BCUT2D eigenvalue weighted by atomic mass is 10.3. The largest absolute Gasteiger partial charge is 0.332 e. The molecule has 1 aliphatic rings. The van der Waals surface area contributed by atoms with Crippen molar-refractivity contribution in [2.75, 3.05) is 6.54 Å². The summed E-state index contributed by atoms with van der Waals surface area (Å²) < 4.78 is 2.15. The van der Waals surface area contributed by atoms with Crippen LogP contribution in [0.5, 0.6) is 0 Å². The smallest absolute Gasteiger partial charge is 0.214 e. The maximum Gasteiger partial charge on any atom is 0.214 e. The Morgan fingerprint density at radius 2 is 2.11 bits per heavy atom. The molecule has 0 aliphatic carbocycles. The van der Waals surface area contributed by atoms with Crippen LogP contribution in [0.1, 0.15) is 5.82 Å². The molecule has 0 fully saturated rings. The van der Waals surface area contributed by atoms with E-state index in [9.17, 15) is 0 Å². The van der Waals surface area contributed by atoms with E-state index in [1.807, 2.05) is 42.7 Å². The fraction of sp³-hybridized carbons (Fsp3) is 0.231. The summed E-state index contributed by atoms with van der Waals surface area (Å²) in [6.07, 6.45) is 3.82. The highest BCUT2D eigenvalue weighted by Crippen LogP contribution is 2.14. The molecule has 98 valence electrons. The number of para-hydroxylation sites is 1. The molecule has 2 aromatic rings. The highest BCUT2D eigenvalue weighted by atomic mass is 15.4. The molecule has 1 aromatic carbocycles. The lowest BCUT2D eigenvalue weighted by Crippen LogP contribution is -2.47. The number of guanidine groups is 1. The lowest BCUT2D eigenvalue weighted by molar-refractivity contribution is 0.320. The summed E-state index contributed by atoms with van der Waals surface area (Å²) >= 11 is 0. The van der Waals surface area contributed by atoms with Crippen molar-refractivity contribution >= 4 is 11.6 Å². The van der Waals surface area contributed by atoms with Crippen LogP contribution in [0.3, 0.4) is 0 Å². The van der Waals surface area contributed by atoms with E-state index in [1.165, 1.54) is 0 Å². The van der Waals surface area contributed by atoms with E-state index in [-0.39, 0.29) is 0 Å². The Hall–Kier alpha value is -2.34. The maximum atomic E-state index is 5.60. The van der Waals surface area contributed by atoms with Crippen molar-refractivity contribution in [2.45, 2.75) is 13.1 Å². The van der Waals surface area contributed by atoms with Crippen LogP contribution in [0.15, 0.2) is 47.7 Å². The Bertz CT molecular complexity index is 574. The molecule has 3 rings (SSSR count). The number of nitrogens with one attached hydrogen (secondary N) is 1. The first-order valence-corrected chi connectivity index (χ1v) is 6.22. The number of nitrogens with zero attached hydrogens (tertiary/aromatic N) is 4. The molecule has 0 saturated carbocycles. The maximum absolute atomic E-state index is 5.60. The van der Waals surface area contributed by atoms with Crippen molar-refractivity contribution in [1.29, 1.82) is 0 Å². The van der Waals surface area contributed by atoms with E-state index >= 15 is 0 Å². The van der Waals surface area contributed by atoms with Gasteiger partial charge < -0.3 is 9.47 Å². The number of hydrazine groups is 1. The van der Waals surface area contributed by atoms with Gasteiger partial charge in [0.2, 0.25) is 5.96 Å². The minimum atomic E-state index is 0.667. The third-order valence-corrected chi connectivity index (χ3v) is 3.16. The molecule has 3 N–H and O–H groups in total. The standard InChI is InChI=1S/C13H16N6/c14-17-13(16-11-4-2-1-3-5-11)19-9-8-18-7-6-15-12(18)10-19/h1-7H,8-10,14H2,(H,16,17). The first-order valence-electron chi connectivity index (χ1n) is 6.22. The number of rotatable bonds is 1. The molecule has 0 spiro atoms. The Balaban J connectivity index is 1.82. The van der Waals surface area contributed by atoms with Gasteiger partial charge in [-0.2, -0.15) is 0 Å². The van der Waals surface area contributed by atoms with Crippen molar-refractivity contribution in [3.8, 4) is 0 Å². The number of imidazole rings is 1. The Morgan fingerprint density at radius 3 is 2.89 bits per heavy atom. The second-order valence-electron chi connectivity index (χ2n) is 4.37. The Labute approximate surface area is 111 Å². The van der Waals surface area contributed by atoms with E-state index < -0.39 is 0 Å². The predicted molar refractivity (Wildman–Crippen MR) is 73.5 cm³/mol. The number of hydrogen-bond acceptors (Lipinski definition) is 3. The number of fused-ring (bicyclic) bond motifs is 1. The monoisotopic (exact) mass is 256 g/mol. The zero-order chi connectivity index (χ0) is 13.1. The molecule has 0 radical (unpaired) electrons. The minimum absolute atomic E-state index is 0.667. The quantitative estimate of drug-likeness (QED) is 0.343. The van der Waals surface area contributed by atoms with Gasteiger partial charge in [-0.25, -0.2) is 15.8 Å². The summed E-state index contributed by atoms with van der Waals surface area (Å²) in [4.78, 5) is 10.9. The first kappa shape index (κ1) is 11.7. The van der Waals surface area contributed by atoms with Gasteiger partial charge in [0.15, 0.2) is 0 Å². The normalized spacial score (nSPS) is 15.2. The van der Waals surface area contributed by atoms with Gasteiger partial charge in [0.1, 0.15) is 5.82 Å². The van der Waals surface area contributed by atoms with Gasteiger partial charge in [-0.05, 0) is 12.1 Å². The lowest BCUT2D eigenvalue weighted by Gasteiger charge is -2.29. The highest BCUT2D eigenvalue weighted by molar-refractivity contribution is 5.82. The van der Waals surface area contributed by atoms with E-state index in [0.717, 1.165) is 24.6 Å². The van der Waals surface area contributed by atoms with Crippen LogP contribution in [0.4, 0.5) is 5.69 Å². The van der Waals surface area contributed by atoms with Crippen LogP contribution in [-0.2, 0) is 13.1 Å². The molecule has 1 aliphatic heterocycles. The van der Waals surface area contributed by atoms with Crippen LogP contribution in [0.2, 0.25) is 0 Å². The van der Waals surface area contributed by atoms with E-state index in [4.69, 9.17) is 5.84 Å². The van der Waals surface area contributed by atoms with Gasteiger partial charge in [-0.15, -0.1) is 0 Å². The minimum Gasteiger partial charge on any atom is -0.332 e. The van der Waals surface area contributed by atoms with Gasteiger partial charge in [0.05, 0.1) is 12.2 Å². The van der Waals surface area contributed by atoms with Crippen LogP contribution in [-0.4, -0.2) is 27.0 Å². The first-order chi connectivity index (χ1) is 9.36. The molecule has 0 bridgehead atoms. The molecule has 2 heterocycles. The van der Waals surface area contributed by atoms with E-state index in [0.29, 0.717) is 12.5 Å². The Morgan fingerprint density at radius 1 is 1.26 bits per heavy atom. The van der Waals surface area contributed by atoms with Gasteiger partial charge in [-0.3, -0.25) is 5.43 Å². The number of hydrogen-bond donors (Lipinski definition) is 2. The molecular weight excluding hydrogens is 240 g/mol. The molecule has 6 heteroatoms. The summed E-state index contributed by atoms with van der Waals surface area (Å²) in [5.74, 6) is 7.29.